The molecule has 2 rings (SSSR count). The summed E-state index contributed by atoms with van der Waals surface area (Å²) in [7, 11) is 0. The highest BCUT2D eigenvalue weighted by molar-refractivity contribution is 8.00. The normalized spacial score (nSPS) is 13.0. The van der Waals surface area contributed by atoms with E-state index in [0.717, 1.165) is 28.7 Å². The summed E-state index contributed by atoms with van der Waals surface area (Å²) in [6.07, 6.45) is -1.15. The Morgan fingerprint density at radius 2 is 1.73 bits per heavy atom. The Balaban J connectivity index is 1.91. The fourth-order valence-electron chi connectivity index (χ4n) is 2.02. The zero-order valence-corrected chi connectivity index (χ0v) is 15.4. The summed E-state index contributed by atoms with van der Waals surface area (Å²) in [5.41, 5.74) is 0.805. The molecule has 1 N–H and O–H groups in total. The molecule has 0 heterocycles. The number of anilines is 1. The molecule has 0 spiro atoms. The summed E-state index contributed by atoms with van der Waals surface area (Å²) in [5.74, 6) is -2.77. The average molecular weight is 379 g/mol. The molecule has 0 unspecified atom stereocenters. The Morgan fingerprint density at radius 1 is 1.08 bits per heavy atom. The van der Waals surface area contributed by atoms with E-state index >= 15 is 0 Å². The van der Waals surface area contributed by atoms with Crippen LogP contribution in [-0.4, -0.2) is 23.2 Å². The number of hydrogen-bond donors (Lipinski definition) is 1. The molecule has 4 nitrogen and oxygen atoms in total. The third kappa shape index (κ3) is 5.56. The fourth-order valence-corrected chi connectivity index (χ4v) is 2.87. The van der Waals surface area contributed by atoms with Crippen LogP contribution in [0.25, 0.3) is 0 Å². The van der Waals surface area contributed by atoms with Gasteiger partial charge in [-0.2, -0.15) is 0 Å². The van der Waals surface area contributed by atoms with Gasteiger partial charge in [0.2, 0.25) is 0 Å². The minimum absolute atomic E-state index is 0.306. The average Bonchev–Trinajstić information content (AvgIpc) is 2.59. The van der Waals surface area contributed by atoms with E-state index in [0.29, 0.717) is 0 Å². The van der Waals surface area contributed by atoms with Crippen LogP contribution in [0.3, 0.4) is 0 Å². The molecule has 0 aliphatic heterocycles. The van der Waals surface area contributed by atoms with Crippen molar-refractivity contribution in [3.05, 3.63) is 59.7 Å². The molecule has 1 amide bonds. The summed E-state index contributed by atoms with van der Waals surface area (Å²) >= 11 is 1.31. The minimum atomic E-state index is -1.15. The first-order chi connectivity index (χ1) is 12.3. The van der Waals surface area contributed by atoms with Crippen molar-refractivity contribution in [3.63, 3.8) is 0 Å². The number of amides is 1. The number of thioether (sulfide) groups is 1. The van der Waals surface area contributed by atoms with E-state index in [4.69, 9.17) is 4.74 Å². The maximum Gasteiger partial charge on any atom is 0.319 e. The van der Waals surface area contributed by atoms with Crippen molar-refractivity contribution >= 4 is 29.3 Å². The zero-order chi connectivity index (χ0) is 19.3. The largest absolute Gasteiger partial charge is 0.452 e. The van der Waals surface area contributed by atoms with Crippen molar-refractivity contribution in [2.45, 2.75) is 37.0 Å². The first-order valence-corrected chi connectivity index (χ1v) is 8.84. The standard InChI is InChI=1S/C19H19F2NO3S/c1-11-4-7-15(8-5-11)26-13(3)19(24)25-12(2)18(23)22-17-10-14(20)6-9-16(17)21/h4-10,12-13H,1-3H3,(H,22,23)/t12-,13-/m1/s1. The van der Waals surface area contributed by atoms with Crippen LogP contribution in [0.4, 0.5) is 14.5 Å². The van der Waals surface area contributed by atoms with Gasteiger partial charge in [0.05, 0.1) is 5.69 Å². The first-order valence-electron chi connectivity index (χ1n) is 7.96. The number of esters is 1. The van der Waals surface area contributed by atoms with Crippen molar-refractivity contribution in [3.8, 4) is 0 Å². The van der Waals surface area contributed by atoms with Crippen LogP contribution in [0, 0.1) is 18.6 Å². The van der Waals surface area contributed by atoms with Gasteiger partial charge in [-0.15, -0.1) is 11.8 Å². The quantitative estimate of drug-likeness (QED) is 0.600. The number of hydrogen-bond acceptors (Lipinski definition) is 4. The van der Waals surface area contributed by atoms with E-state index in [9.17, 15) is 18.4 Å². The minimum Gasteiger partial charge on any atom is -0.452 e. The zero-order valence-electron chi connectivity index (χ0n) is 14.6. The van der Waals surface area contributed by atoms with Crippen molar-refractivity contribution in [1.29, 1.82) is 0 Å². The Kier molecular flexibility index (Phi) is 6.74. The summed E-state index contributed by atoms with van der Waals surface area (Å²) in [4.78, 5) is 25.1. The number of carbonyl (C=O) groups is 2. The smallest absolute Gasteiger partial charge is 0.319 e. The lowest BCUT2D eigenvalue weighted by Crippen LogP contribution is -2.32. The number of rotatable bonds is 6. The van der Waals surface area contributed by atoms with Gasteiger partial charge in [0.1, 0.15) is 16.9 Å². The van der Waals surface area contributed by atoms with E-state index in [1.165, 1.54) is 18.7 Å². The Hall–Kier alpha value is -2.41. The summed E-state index contributed by atoms with van der Waals surface area (Å²) in [6, 6.07) is 10.4. The molecule has 0 saturated carbocycles. The van der Waals surface area contributed by atoms with Crippen LogP contribution < -0.4 is 5.32 Å². The molecule has 0 aliphatic rings. The summed E-state index contributed by atoms with van der Waals surface area (Å²) in [5, 5.41) is 1.68. The molecule has 7 heteroatoms. The molecule has 2 atom stereocenters. The van der Waals surface area contributed by atoms with Crippen LogP contribution in [-0.2, 0) is 14.3 Å². The molecule has 138 valence electrons. The predicted molar refractivity (Wildman–Crippen MR) is 97.0 cm³/mol. The Bertz CT molecular complexity index is 796. The number of ether oxygens (including phenoxy) is 1. The van der Waals surface area contributed by atoms with Gasteiger partial charge in [0.25, 0.3) is 5.91 Å². The third-order valence-corrected chi connectivity index (χ3v) is 4.60. The lowest BCUT2D eigenvalue weighted by Gasteiger charge is -2.17. The fraction of sp³-hybridized carbons (Fsp3) is 0.263. The topological polar surface area (TPSA) is 55.4 Å². The van der Waals surface area contributed by atoms with Crippen LogP contribution in [0.15, 0.2) is 47.4 Å². The van der Waals surface area contributed by atoms with E-state index in [1.807, 2.05) is 31.2 Å². The van der Waals surface area contributed by atoms with E-state index in [2.05, 4.69) is 5.32 Å². The SMILES string of the molecule is Cc1ccc(S[C@H](C)C(=O)O[C@H](C)C(=O)Nc2cc(F)ccc2F)cc1. The lowest BCUT2D eigenvalue weighted by atomic mass is 10.2. The maximum atomic E-state index is 13.6. The molecule has 0 saturated heterocycles. The molecule has 2 aromatic carbocycles. The van der Waals surface area contributed by atoms with Gasteiger partial charge in [-0.25, -0.2) is 8.78 Å². The number of benzene rings is 2. The van der Waals surface area contributed by atoms with Gasteiger partial charge in [0.15, 0.2) is 6.10 Å². The van der Waals surface area contributed by atoms with Crippen molar-refractivity contribution in [2.24, 2.45) is 0 Å². The van der Waals surface area contributed by atoms with Gasteiger partial charge in [-0.1, -0.05) is 17.7 Å². The molecule has 2 aromatic rings. The molecule has 26 heavy (non-hydrogen) atoms. The number of aryl methyl sites for hydroxylation is 1. The molecule has 0 aliphatic carbocycles. The highest BCUT2D eigenvalue weighted by atomic mass is 32.2. The lowest BCUT2D eigenvalue weighted by molar-refractivity contribution is -0.152. The highest BCUT2D eigenvalue weighted by Crippen LogP contribution is 2.24. The van der Waals surface area contributed by atoms with Gasteiger partial charge in [0, 0.05) is 11.0 Å². The van der Waals surface area contributed by atoms with E-state index in [1.54, 1.807) is 6.92 Å². The summed E-state index contributed by atoms with van der Waals surface area (Å²) < 4.78 is 31.8. The van der Waals surface area contributed by atoms with Crippen LogP contribution in [0.1, 0.15) is 19.4 Å². The number of carbonyl (C=O) groups excluding carboxylic acids is 2. The number of halogens is 2. The third-order valence-electron chi connectivity index (χ3n) is 3.51. The first kappa shape index (κ1) is 19.9. The molecular weight excluding hydrogens is 360 g/mol. The highest BCUT2D eigenvalue weighted by Gasteiger charge is 2.23. The molecule has 0 radical (unpaired) electrons. The number of nitrogens with one attached hydrogen (secondary N) is 1. The van der Waals surface area contributed by atoms with Crippen LogP contribution in [0.5, 0.6) is 0 Å². The van der Waals surface area contributed by atoms with Crippen molar-refractivity contribution in [1.82, 2.24) is 0 Å². The second-order valence-electron chi connectivity index (χ2n) is 5.77. The van der Waals surface area contributed by atoms with Gasteiger partial charge >= 0.3 is 5.97 Å². The van der Waals surface area contributed by atoms with Gasteiger partial charge in [-0.3, -0.25) is 9.59 Å². The molecular formula is C19H19F2NO3S. The van der Waals surface area contributed by atoms with E-state index in [-0.39, 0.29) is 5.69 Å². The maximum absolute atomic E-state index is 13.6. The second kappa shape index (κ2) is 8.80. The van der Waals surface area contributed by atoms with E-state index < -0.39 is 34.9 Å². The van der Waals surface area contributed by atoms with Gasteiger partial charge < -0.3 is 10.1 Å². The molecule has 0 aromatic heterocycles. The molecule has 0 bridgehead atoms. The Labute approximate surface area is 154 Å². The van der Waals surface area contributed by atoms with Crippen molar-refractivity contribution in [2.75, 3.05) is 5.32 Å². The van der Waals surface area contributed by atoms with Crippen LogP contribution >= 0.6 is 11.8 Å². The predicted octanol–water partition coefficient (Wildman–Crippen LogP) is 4.32. The Morgan fingerprint density at radius 3 is 2.38 bits per heavy atom. The van der Waals surface area contributed by atoms with Crippen molar-refractivity contribution < 1.29 is 23.1 Å². The van der Waals surface area contributed by atoms with Crippen LogP contribution in [0.2, 0.25) is 0 Å². The summed E-state index contributed by atoms with van der Waals surface area (Å²) in [6.45, 7) is 5.01. The molecule has 0 fully saturated rings. The van der Waals surface area contributed by atoms with Gasteiger partial charge in [-0.05, 0) is 45.0 Å². The monoisotopic (exact) mass is 379 g/mol. The second-order valence-corrected chi connectivity index (χ2v) is 7.18.